The highest BCUT2D eigenvalue weighted by molar-refractivity contribution is 7.89. The molecule has 1 atom stereocenters. The number of hydrogen-bond acceptors (Lipinski definition) is 3. The van der Waals surface area contributed by atoms with Gasteiger partial charge in [0.15, 0.2) is 0 Å². The van der Waals surface area contributed by atoms with E-state index in [9.17, 15) is 12.8 Å². The van der Waals surface area contributed by atoms with E-state index in [0.717, 1.165) is 19.4 Å². The van der Waals surface area contributed by atoms with Crippen LogP contribution in [0.4, 0.5) is 4.39 Å². The molecule has 1 aromatic rings. The number of sulfonamides is 1. The van der Waals surface area contributed by atoms with Gasteiger partial charge in [0, 0.05) is 19.1 Å². The number of nitrogens with zero attached hydrogens (tertiary/aromatic N) is 1. The Labute approximate surface area is 126 Å². The number of benzene rings is 1. The van der Waals surface area contributed by atoms with Crippen molar-refractivity contribution in [1.29, 1.82) is 0 Å². The van der Waals surface area contributed by atoms with Crippen molar-refractivity contribution in [2.75, 3.05) is 19.6 Å². The van der Waals surface area contributed by atoms with Crippen molar-refractivity contribution in [2.45, 2.75) is 37.6 Å². The van der Waals surface area contributed by atoms with E-state index in [1.54, 1.807) is 0 Å². The van der Waals surface area contributed by atoms with Gasteiger partial charge in [0.05, 0.1) is 4.90 Å². The second-order valence-electron chi connectivity index (χ2n) is 5.96. The Morgan fingerprint density at radius 2 is 2.00 bits per heavy atom. The van der Waals surface area contributed by atoms with E-state index in [2.05, 4.69) is 5.32 Å². The number of nitrogens with one attached hydrogen (secondary N) is 1. The molecule has 0 aromatic heterocycles. The zero-order valence-electron chi connectivity index (χ0n) is 12.5. The molecule has 0 spiro atoms. The zero-order chi connectivity index (χ0) is 15.5. The SMILES string of the molecule is CC(C)CN(CC1CCCN1)S(=O)(=O)c1ccc(F)cc1. The second-order valence-corrected chi connectivity index (χ2v) is 7.90. The van der Waals surface area contributed by atoms with Crippen LogP contribution in [0, 0.1) is 11.7 Å². The molecule has 2 rings (SSSR count). The molecule has 1 fully saturated rings. The normalized spacial score (nSPS) is 19.6. The van der Waals surface area contributed by atoms with Crippen molar-refractivity contribution in [2.24, 2.45) is 5.92 Å². The maximum atomic E-state index is 13.0. The summed E-state index contributed by atoms with van der Waals surface area (Å²) in [5, 5.41) is 3.33. The second kappa shape index (κ2) is 6.85. The van der Waals surface area contributed by atoms with Crippen molar-refractivity contribution in [1.82, 2.24) is 9.62 Å². The van der Waals surface area contributed by atoms with Crippen molar-refractivity contribution >= 4 is 10.0 Å². The first-order valence-electron chi connectivity index (χ1n) is 7.38. The minimum atomic E-state index is -3.57. The summed E-state index contributed by atoms with van der Waals surface area (Å²) in [6.07, 6.45) is 2.07. The van der Waals surface area contributed by atoms with E-state index in [-0.39, 0.29) is 16.9 Å². The van der Waals surface area contributed by atoms with Crippen LogP contribution in [0.25, 0.3) is 0 Å². The van der Waals surface area contributed by atoms with Crippen LogP contribution in [0.15, 0.2) is 29.2 Å². The fourth-order valence-electron chi connectivity index (χ4n) is 2.59. The van der Waals surface area contributed by atoms with Crippen molar-refractivity contribution in [3.8, 4) is 0 Å². The van der Waals surface area contributed by atoms with Crippen molar-refractivity contribution in [3.05, 3.63) is 30.1 Å². The molecule has 1 heterocycles. The average Bonchev–Trinajstić information content (AvgIpc) is 2.91. The quantitative estimate of drug-likeness (QED) is 0.876. The lowest BCUT2D eigenvalue weighted by Crippen LogP contribution is -2.42. The van der Waals surface area contributed by atoms with E-state index in [1.165, 1.54) is 28.6 Å². The van der Waals surface area contributed by atoms with E-state index >= 15 is 0 Å². The molecule has 0 amide bonds. The lowest BCUT2D eigenvalue weighted by atomic mass is 10.2. The predicted octanol–water partition coefficient (Wildman–Crippen LogP) is 2.22. The van der Waals surface area contributed by atoms with Crippen LogP contribution in [0.5, 0.6) is 0 Å². The monoisotopic (exact) mass is 314 g/mol. The molecule has 118 valence electrons. The first-order valence-corrected chi connectivity index (χ1v) is 8.82. The van der Waals surface area contributed by atoms with Gasteiger partial charge in [0.2, 0.25) is 10.0 Å². The third-order valence-corrected chi connectivity index (χ3v) is 5.45. The minimum Gasteiger partial charge on any atom is -0.313 e. The largest absolute Gasteiger partial charge is 0.313 e. The smallest absolute Gasteiger partial charge is 0.243 e. The molecule has 0 saturated carbocycles. The van der Waals surface area contributed by atoms with Gasteiger partial charge in [0.1, 0.15) is 5.82 Å². The van der Waals surface area contributed by atoms with Crippen LogP contribution < -0.4 is 5.32 Å². The minimum absolute atomic E-state index is 0.155. The van der Waals surface area contributed by atoms with Crippen molar-refractivity contribution in [3.63, 3.8) is 0 Å². The van der Waals surface area contributed by atoms with Gasteiger partial charge in [-0.05, 0) is 49.6 Å². The van der Waals surface area contributed by atoms with Gasteiger partial charge in [0.25, 0.3) is 0 Å². The Hall–Kier alpha value is -0.980. The summed E-state index contributed by atoms with van der Waals surface area (Å²) in [6, 6.07) is 5.25. The number of rotatable bonds is 6. The maximum Gasteiger partial charge on any atom is 0.243 e. The molecule has 6 heteroatoms. The molecule has 0 bridgehead atoms. The van der Waals surface area contributed by atoms with Gasteiger partial charge in [-0.1, -0.05) is 13.8 Å². The lowest BCUT2D eigenvalue weighted by molar-refractivity contribution is 0.336. The summed E-state index contributed by atoms with van der Waals surface area (Å²) in [5.74, 6) is -0.191. The van der Waals surface area contributed by atoms with Gasteiger partial charge < -0.3 is 5.32 Å². The number of halogens is 1. The third-order valence-electron chi connectivity index (χ3n) is 3.61. The molecular formula is C15H23FN2O2S. The highest BCUT2D eigenvalue weighted by Gasteiger charge is 2.28. The Morgan fingerprint density at radius 3 is 2.52 bits per heavy atom. The number of hydrogen-bond donors (Lipinski definition) is 1. The van der Waals surface area contributed by atoms with E-state index in [4.69, 9.17) is 0 Å². The molecule has 4 nitrogen and oxygen atoms in total. The Balaban J connectivity index is 2.22. The van der Waals surface area contributed by atoms with E-state index < -0.39 is 15.8 Å². The molecule has 1 aromatic carbocycles. The standard InChI is InChI=1S/C15H23FN2O2S/c1-12(2)10-18(11-14-4-3-9-17-14)21(19,20)15-7-5-13(16)6-8-15/h5-8,12,14,17H,3-4,9-11H2,1-2H3. The van der Waals surface area contributed by atoms with Gasteiger partial charge in [-0.25, -0.2) is 12.8 Å². The molecule has 1 saturated heterocycles. The van der Waals surface area contributed by atoms with E-state index in [0.29, 0.717) is 13.1 Å². The van der Waals surface area contributed by atoms with Gasteiger partial charge in [-0.15, -0.1) is 0 Å². The molecule has 0 aliphatic carbocycles. The lowest BCUT2D eigenvalue weighted by Gasteiger charge is -2.26. The fourth-order valence-corrected chi connectivity index (χ4v) is 4.24. The third kappa shape index (κ3) is 4.25. The summed E-state index contributed by atoms with van der Waals surface area (Å²) >= 11 is 0. The predicted molar refractivity (Wildman–Crippen MR) is 81.0 cm³/mol. The van der Waals surface area contributed by atoms with Crippen LogP contribution in [-0.2, 0) is 10.0 Å². The van der Waals surface area contributed by atoms with Crippen LogP contribution in [0.3, 0.4) is 0 Å². The van der Waals surface area contributed by atoms with E-state index in [1.807, 2.05) is 13.8 Å². The molecule has 1 aliphatic rings. The molecule has 21 heavy (non-hydrogen) atoms. The average molecular weight is 314 g/mol. The zero-order valence-corrected chi connectivity index (χ0v) is 13.4. The highest BCUT2D eigenvalue weighted by atomic mass is 32.2. The van der Waals surface area contributed by atoms with Crippen molar-refractivity contribution < 1.29 is 12.8 Å². The Bertz CT molecular complexity index is 552. The Morgan fingerprint density at radius 1 is 1.33 bits per heavy atom. The summed E-state index contributed by atoms with van der Waals surface area (Å²) < 4.78 is 40.0. The molecule has 1 unspecified atom stereocenters. The fraction of sp³-hybridized carbons (Fsp3) is 0.600. The molecule has 1 N–H and O–H groups in total. The topological polar surface area (TPSA) is 49.4 Å². The molecule has 0 radical (unpaired) electrons. The Kier molecular flexibility index (Phi) is 5.35. The molecule has 1 aliphatic heterocycles. The first-order chi connectivity index (χ1) is 9.89. The van der Waals surface area contributed by atoms with Gasteiger partial charge in [-0.3, -0.25) is 0 Å². The highest BCUT2D eigenvalue weighted by Crippen LogP contribution is 2.19. The maximum absolute atomic E-state index is 13.0. The van der Waals surface area contributed by atoms with Crippen LogP contribution in [0.2, 0.25) is 0 Å². The summed E-state index contributed by atoms with van der Waals surface area (Å²) in [6.45, 7) is 5.87. The summed E-state index contributed by atoms with van der Waals surface area (Å²) in [7, 11) is -3.57. The summed E-state index contributed by atoms with van der Waals surface area (Å²) in [5.41, 5.74) is 0. The first kappa shape index (κ1) is 16.4. The van der Waals surface area contributed by atoms with Crippen LogP contribution in [-0.4, -0.2) is 38.4 Å². The van der Waals surface area contributed by atoms with Gasteiger partial charge in [-0.2, -0.15) is 4.31 Å². The van der Waals surface area contributed by atoms with Crippen LogP contribution in [0.1, 0.15) is 26.7 Å². The van der Waals surface area contributed by atoms with Gasteiger partial charge >= 0.3 is 0 Å². The summed E-state index contributed by atoms with van der Waals surface area (Å²) in [4.78, 5) is 0.155. The van der Waals surface area contributed by atoms with Crippen LogP contribution >= 0.6 is 0 Å². The molecular weight excluding hydrogens is 291 g/mol.